The largest absolute Gasteiger partial charge is 0.350 e. The van der Waals surface area contributed by atoms with Gasteiger partial charge in [0.05, 0.1) is 6.04 Å². The van der Waals surface area contributed by atoms with Crippen LogP contribution in [0.5, 0.6) is 0 Å². The van der Waals surface area contributed by atoms with Gasteiger partial charge in [0.25, 0.3) is 5.91 Å². The lowest BCUT2D eigenvalue weighted by molar-refractivity contribution is -0.135. The van der Waals surface area contributed by atoms with Crippen molar-refractivity contribution in [3.8, 4) is 0 Å². The summed E-state index contributed by atoms with van der Waals surface area (Å²) in [5.41, 5.74) is 1.33. The molecule has 0 unspecified atom stereocenters. The zero-order valence-electron chi connectivity index (χ0n) is 14.5. The molecule has 3 rings (SSSR count). The average Bonchev–Trinajstić information content (AvgIpc) is 2.66. The standard InChI is InChI=1S/C20H22FN3O2/c21-17-5-3-4-15(12-17)13-18(24-11-2-1-6-19(24)25)14-23-20(26)16-7-9-22-10-8-16/h3-5,7-10,12,18H,1-2,6,11,13-14H2,(H,23,26)/t18-/m1/s1. The van der Waals surface area contributed by atoms with Crippen LogP contribution in [0, 0.1) is 5.82 Å². The third kappa shape index (κ3) is 4.65. The van der Waals surface area contributed by atoms with Crippen LogP contribution in [0.25, 0.3) is 0 Å². The number of pyridine rings is 1. The predicted molar refractivity (Wildman–Crippen MR) is 96.0 cm³/mol. The lowest BCUT2D eigenvalue weighted by atomic mass is 10.0. The molecule has 1 atom stereocenters. The molecular weight excluding hydrogens is 333 g/mol. The molecule has 0 saturated carbocycles. The molecule has 0 bridgehead atoms. The topological polar surface area (TPSA) is 62.3 Å². The van der Waals surface area contributed by atoms with Crippen LogP contribution in [-0.4, -0.2) is 40.8 Å². The second-order valence-electron chi connectivity index (χ2n) is 6.48. The number of rotatable bonds is 6. The van der Waals surface area contributed by atoms with Crippen molar-refractivity contribution >= 4 is 11.8 Å². The van der Waals surface area contributed by atoms with Gasteiger partial charge in [-0.25, -0.2) is 4.39 Å². The van der Waals surface area contributed by atoms with Gasteiger partial charge in [0.1, 0.15) is 5.82 Å². The summed E-state index contributed by atoms with van der Waals surface area (Å²) in [5.74, 6) is -0.413. The molecule has 1 fully saturated rings. The number of hydrogen-bond acceptors (Lipinski definition) is 3. The van der Waals surface area contributed by atoms with Crippen LogP contribution in [-0.2, 0) is 11.2 Å². The van der Waals surface area contributed by atoms with Gasteiger partial charge in [0.15, 0.2) is 0 Å². The van der Waals surface area contributed by atoms with Crippen LogP contribution < -0.4 is 5.32 Å². The van der Waals surface area contributed by atoms with E-state index in [1.807, 2.05) is 11.0 Å². The first kappa shape index (κ1) is 18.0. The van der Waals surface area contributed by atoms with Crippen molar-refractivity contribution in [2.45, 2.75) is 31.7 Å². The molecule has 136 valence electrons. The van der Waals surface area contributed by atoms with Gasteiger partial charge in [-0.15, -0.1) is 0 Å². The van der Waals surface area contributed by atoms with Crippen molar-refractivity contribution in [3.05, 3.63) is 65.7 Å². The van der Waals surface area contributed by atoms with E-state index < -0.39 is 0 Å². The van der Waals surface area contributed by atoms with Crippen molar-refractivity contribution in [2.24, 2.45) is 0 Å². The van der Waals surface area contributed by atoms with Gasteiger partial charge >= 0.3 is 0 Å². The molecule has 0 aliphatic carbocycles. The summed E-state index contributed by atoms with van der Waals surface area (Å²) in [6.07, 6.45) is 5.99. The fraction of sp³-hybridized carbons (Fsp3) is 0.350. The highest BCUT2D eigenvalue weighted by Crippen LogP contribution is 2.17. The van der Waals surface area contributed by atoms with Crippen molar-refractivity contribution in [3.63, 3.8) is 0 Å². The van der Waals surface area contributed by atoms with Gasteiger partial charge in [0, 0.05) is 37.5 Å². The minimum atomic E-state index is -0.299. The van der Waals surface area contributed by atoms with Crippen molar-refractivity contribution in [2.75, 3.05) is 13.1 Å². The minimum absolute atomic E-state index is 0.0933. The summed E-state index contributed by atoms with van der Waals surface area (Å²) >= 11 is 0. The normalized spacial score (nSPS) is 15.6. The maximum Gasteiger partial charge on any atom is 0.251 e. The molecular formula is C20H22FN3O2. The highest BCUT2D eigenvalue weighted by molar-refractivity contribution is 5.94. The van der Waals surface area contributed by atoms with Gasteiger partial charge in [0.2, 0.25) is 5.91 Å². The summed E-state index contributed by atoms with van der Waals surface area (Å²) in [7, 11) is 0. The Morgan fingerprint density at radius 1 is 1.23 bits per heavy atom. The van der Waals surface area contributed by atoms with Crippen LogP contribution in [0.4, 0.5) is 4.39 Å². The molecule has 1 aromatic carbocycles. The van der Waals surface area contributed by atoms with Crippen LogP contribution in [0.2, 0.25) is 0 Å². The number of carbonyl (C=O) groups is 2. The SMILES string of the molecule is O=C(NC[C@@H](Cc1cccc(F)c1)N1CCCCC1=O)c1ccncc1. The molecule has 1 aliphatic heterocycles. The molecule has 1 aliphatic rings. The third-order valence-corrected chi connectivity index (χ3v) is 4.60. The number of nitrogens with one attached hydrogen (secondary N) is 1. The minimum Gasteiger partial charge on any atom is -0.350 e. The molecule has 1 saturated heterocycles. The Labute approximate surface area is 152 Å². The van der Waals surface area contributed by atoms with Crippen LogP contribution in [0.15, 0.2) is 48.8 Å². The first-order chi connectivity index (χ1) is 12.6. The van der Waals surface area contributed by atoms with Crippen LogP contribution >= 0.6 is 0 Å². The molecule has 0 radical (unpaired) electrons. The molecule has 2 heterocycles. The number of halogens is 1. The Kier molecular flexibility index (Phi) is 5.94. The lowest BCUT2D eigenvalue weighted by Gasteiger charge is -2.35. The Balaban J connectivity index is 1.72. The Morgan fingerprint density at radius 2 is 2.04 bits per heavy atom. The van der Waals surface area contributed by atoms with Gasteiger partial charge in [-0.1, -0.05) is 12.1 Å². The van der Waals surface area contributed by atoms with E-state index in [1.165, 1.54) is 12.1 Å². The lowest BCUT2D eigenvalue weighted by Crippen LogP contribution is -2.49. The molecule has 1 N–H and O–H groups in total. The van der Waals surface area contributed by atoms with E-state index in [1.54, 1.807) is 30.6 Å². The van der Waals surface area contributed by atoms with Gasteiger partial charge in [-0.05, 0) is 49.1 Å². The Hall–Kier alpha value is -2.76. The van der Waals surface area contributed by atoms with Gasteiger partial charge in [-0.2, -0.15) is 0 Å². The van der Waals surface area contributed by atoms with Crippen molar-refractivity contribution < 1.29 is 14.0 Å². The summed E-state index contributed by atoms with van der Waals surface area (Å²) in [6, 6.07) is 9.47. The maximum absolute atomic E-state index is 13.5. The van der Waals surface area contributed by atoms with E-state index in [-0.39, 0.29) is 23.7 Å². The van der Waals surface area contributed by atoms with E-state index in [0.717, 1.165) is 18.4 Å². The number of carbonyl (C=O) groups excluding carboxylic acids is 2. The molecule has 2 amide bonds. The van der Waals surface area contributed by atoms with Crippen LogP contribution in [0.3, 0.4) is 0 Å². The molecule has 0 spiro atoms. The molecule has 2 aromatic rings. The van der Waals surface area contributed by atoms with Gasteiger partial charge < -0.3 is 10.2 Å². The number of amides is 2. The highest BCUT2D eigenvalue weighted by atomic mass is 19.1. The summed E-state index contributed by atoms with van der Waals surface area (Å²) in [6.45, 7) is 0.993. The number of nitrogens with zero attached hydrogens (tertiary/aromatic N) is 2. The zero-order chi connectivity index (χ0) is 18.4. The van der Waals surface area contributed by atoms with E-state index in [9.17, 15) is 14.0 Å². The Bertz CT molecular complexity index is 767. The smallest absolute Gasteiger partial charge is 0.251 e. The van der Waals surface area contributed by atoms with Crippen LogP contribution in [0.1, 0.15) is 35.2 Å². The van der Waals surface area contributed by atoms with E-state index in [4.69, 9.17) is 0 Å². The fourth-order valence-electron chi connectivity index (χ4n) is 3.26. The molecule has 1 aromatic heterocycles. The van der Waals surface area contributed by atoms with Crippen molar-refractivity contribution in [1.82, 2.24) is 15.2 Å². The number of likely N-dealkylation sites (tertiary alicyclic amines) is 1. The fourth-order valence-corrected chi connectivity index (χ4v) is 3.26. The van der Waals surface area contributed by atoms with E-state index in [0.29, 0.717) is 31.5 Å². The molecule has 5 nitrogen and oxygen atoms in total. The second kappa shape index (κ2) is 8.56. The first-order valence-corrected chi connectivity index (χ1v) is 8.85. The predicted octanol–water partition coefficient (Wildman–Crippen LogP) is 2.57. The maximum atomic E-state index is 13.5. The first-order valence-electron chi connectivity index (χ1n) is 8.85. The van der Waals surface area contributed by atoms with E-state index >= 15 is 0 Å². The number of benzene rings is 1. The second-order valence-corrected chi connectivity index (χ2v) is 6.48. The number of hydrogen-bond donors (Lipinski definition) is 1. The third-order valence-electron chi connectivity index (χ3n) is 4.60. The summed E-state index contributed by atoms with van der Waals surface area (Å²) in [4.78, 5) is 30.4. The monoisotopic (exact) mass is 355 g/mol. The summed E-state index contributed by atoms with van der Waals surface area (Å²) in [5, 5.41) is 2.90. The average molecular weight is 355 g/mol. The zero-order valence-corrected chi connectivity index (χ0v) is 14.5. The molecule has 26 heavy (non-hydrogen) atoms. The Morgan fingerprint density at radius 3 is 2.77 bits per heavy atom. The number of piperidine rings is 1. The highest BCUT2D eigenvalue weighted by Gasteiger charge is 2.26. The summed E-state index contributed by atoms with van der Waals surface area (Å²) < 4.78 is 13.5. The van der Waals surface area contributed by atoms with Gasteiger partial charge in [-0.3, -0.25) is 14.6 Å². The number of aromatic nitrogens is 1. The quantitative estimate of drug-likeness (QED) is 0.866. The molecule has 6 heteroatoms. The van der Waals surface area contributed by atoms with E-state index in [2.05, 4.69) is 10.3 Å². The van der Waals surface area contributed by atoms with Crippen molar-refractivity contribution in [1.29, 1.82) is 0 Å².